The lowest BCUT2D eigenvalue weighted by molar-refractivity contribution is -0.0845. The molecule has 2 aliphatic heterocycles. The van der Waals surface area contributed by atoms with Crippen molar-refractivity contribution in [3.63, 3.8) is 0 Å². The van der Waals surface area contributed by atoms with Crippen LogP contribution < -0.4 is 5.32 Å². The first kappa shape index (κ1) is 11.9. The van der Waals surface area contributed by atoms with Gasteiger partial charge in [0.2, 0.25) is 0 Å². The molecule has 0 amide bonds. The molecule has 1 aliphatic carbocycles. The van der Waals surface area contributed by atoms with Gasteiger partial charge in [0, 0.05) is 25.8 Å². The summed E-state index contributed by atoms with van der Waals surface area (Å²) in [4.78, 5) is 0. The standard InChI is InChI=1S/C14H25NO2/c1-2-7-14(6-1)10-12(5-9-17-14)15-11-13-4-3-8-16-13/h12-13,15H,1-11H2/t12-,13+/m0/s1. The Bertz CT molecular complexity index is 245. The van der Waals surface area contributed by atoms with Crippen LogP contribution in [0.25, 0.3) is 0 Å². The molecule has 2 saturated heterocycles. The highest BCUT2D eigenvalue weighted by Crippen LogP contribution is 2.39. The van der Waals surface area contributed by atoms with Gasteiger partial charge in [0.1, 0.15) is 0 Å². The molecule has 0 radical (unpaired) electrons. The molecule has 0 aromatic heterocycles. The molecular weight excluding hydrogens is 214 g/mol. The van der Waals surface area contributed by atoms with Gasteiger partial charge in [-0.05, 0) is 38.5 Å². The van der Waals surface area contributed by atoms with Crippen molar-refractivity contribution < 1.29 is 9.47 Å². The lowest BCUT2D eigenvalue weighted by Crippen LogP contribution is -2.47. The van der Waals surface area contributed by atoms with Gasteiger partial charge in [-0.25, -0.2) is 0 Å². The van der Waals surface area contributed by atoms with E-state index in [1.165, 1.54) is 51.4 Å². The molecule has 98 valence electrons. The van der Waals surface area contributed by atoms with Crippen LogP contribution in [0.4, 0.5) is 0 Å². The molecule has 3 heteroatoms. The molecule has 3 rings (SSSR count). The predicted octanol–water partition coefficient (Wildman–Crippen LogP) is 2.25. The van der Waals surface area contributed by atoms with Crippen LogP contribution in [0.1, 0.15) is 51.4 Å². The number of nitrogens with one attached hydrogen (secondary N) is 1. The minimum atomic E-state index is 0.243. The Kier molecular flexibility index (Phi) is 3.69. The average Bonchev–Trinajstić information content (AvgIpc) is 2.99. The summed E-state index contributed by atoms with van der Waals surface area (Å²) < 4.78 is 11.7. The fourth-order valence-electron chi connectivity index (χ4n) is 3.67. The van der Waals surface area contributed by atoms with E-state index in [-0.39, 0.29) is 5.60 Å². The van der Waals surface area contributed by atoms with Crippen molar-refractivity contribution in [2.45, 2.75) is 69.1 Å². The van der Waals surface area contributed by atoms with Crippen LogP contribution >= 0.6 is 0 Å². The summed E-state index contributed by atoms with van der Waals surface area (Å²) in [7, 11) is 0. The highest BCUT2D eigenvalue weighted by molar-refractivity contribution is 4.93. The monoisotopic (exact) mass is 239 g/mol. The fraction of sp³-hybridized carbons (Fsp3) is 1.00. The summed E-state index contributed by atoms with van der Waals surface area (Å²) in [5.74, 6) is 0. The van der Waals surface area contributed by atoms with Crippen molar-refractivity contribution in [3.05, 3.63) is 0 Å². The molecule has 1 N–H and O–H groups in total. The van der Waals surface area contributed by atoms with E-state index in [1.807, 2.05) is 0 Å². The highest BCUT2D eigenvalue weighted by Gasteiger charge is 2.39. The Hall–Kier alpha value is -0.120. The largest absolute Gasteiger partial charge is 0.377 e. The van der Waals surface area contributed by atoms with E-state index < -0.39 is 0 Å². The molecule has 1 saturated carbocycles. The number of hydrogen-bond donors (Lipinski definition) is 1. The molecule has 3 nitrogen and oxygen atoms in total. The third-order valence-electron chi connectivity index (χ3n) is 4.67. The molecule has 17 heavy (non-hydrogen) atoms. The third-order valence-corrected chi connectivity index (χ3v) is 4.67. The second-order valence-corrected chi connectivity index (χ2v) is 5.97. The Morgan fingerprint density at radius 2 is 1.94 bits per heavy atom. The van der Waals surface area contributed by atoms with E-state index in [2.05, 4.69) is 5.32 Å². The van der Waals surface area contributed by atoms with Crippen LogP contribution in [0, 0.1) is 0 Å². The fourth-order valence-corrected chi connectivity index (χ4v) is 3.67. The molecular formula is C14H25NO2. The van der Waals surface area contributed by atoms with Gasteiger partial charge in [0.15, 0.2) is 0 Å². The third kappa shape index (κ3) is 2.83. The quantitative estimate of drug-likeness (QED) is 0.819. The van der Waals surface area contributed by atoms with Gasteiger partial charge in [-0.2, -0.15) is 0 Å². The van der Waals surface area contributed by atoms with Crippen molar-refractivity contribution in [2.75, 3.05) is 19.8 Å². The van der Waals surface area contributed by atoms with E-state index in [0.717, 1.165) is 19.8 Å². The Morgan fingerprint density at radius 3 is 2.71 bits per heavy atom. The highest BCUT2D eigenvalue weighted by atomic mass is 16.5. The van der Waals surface area contributed by atoms with Crippen LogP contribution in [-0.2, 0) is 9.47 Å². The van der Waals surface area contributed by atoms with Crippen molar-refractivity contribution in [2.24, 2.45) is 0 Å². The SMILES string of the molecule is C1CO[C@@H](CN[C@H]2CCOC3(CCCC3)C2)C1. The maximum atomic E-state index is 6.06. The first-order valence-electron chi connectivity index (χ1n) is 7.35. The van der Waals surface area contributed by atoms with Crippen LogP contribution in [0.2, 0.25) is 0 Å². The van der Waals surface area contributed by atoms with Gasteiger partial charge in [0.25, 0.3) is 0 Å². The molecule has 3 fully saturated rings. The number of rotatable bonds is 3. The maximum absolute atomic E-state index is 6.06. The summed E-state index contributed by atoms with van der Waals surface area (Å²) >= 11 is 0. The summed E-state index contributed by atoms with van der Waals surface area (Å²) in [5.41, 5.74) is 0.243. The van der Waals surface area contributed by atoms with Crippen LogP contribution in [0.3, 0.4) is 0 Å². The van der Waals surface area contributed by atoms with Crippen LogP contribution in [-0.4, -0.2) is 37.5 Å². The molecule has 3 aliphatic rings. The molecule has 2 heterocycles. The Labute approximate surface area is 104 Å². The molecule has 0 aromatic rings. The maximum Gasteiger partial charge on any atom is 0.0700 e. The zero-order valence-electron chi connectivity index (χ0n) is 10.7. The Morgan fingerprint density at radius 1 is 1.06 bits per heavy atom. The lowest BCUT2D eigenvalue weighted by atomic mass is 9.89. The molecule has 2 atom stereocenters. The normalized spacial score (nSPS) is 36.7. The van der Waals surface area contributed by atoms with Gasteiger partial charge in [-0.15, -0.1) is 0 Å². The van der Waals surface area contributed by atoms with Gasteiger partial charge >= 0.3 is 0 Å². The zero-order valence-corrected chi connectivity index (χ0v) is 10.7. The van der Waals surface area contributed by atoms with Crippen LogP contribution in [0.15, 0.2) is 0 Å². The van der Waals surface area contributed by atoms with Gasteiger partial charge < -0.3 is 14.8 Å². The second-order valence-electron chi connectivity index (χ2n) is 5.97. The average molecular weight is 239 g/mol. The van der Waals surface area contributed by atoms with Gasteiger partial charge in [0.05, 0.1) is 11.7 Å². The van der Waals surface area contributed by atoms with E-state index in [1.54, 1.807) is 0 Å². The zero-order chi connectivity index (χ0) is 11.6. The van der Waals surface area contributed by atoms with E-state index in [0.29, 0.717) is 12.1 Å². The van der Waals surface area contributed by atoms with Gasteiger partial charge in [-0.3, -0.25) is 0 Å². The van der Waals surface area contributed by atoms with Crippen molar-refractivity contribution in [1.29, 1.82) is 0 Å². The van der Waals surface area contributed by atoms with E-state index in [4.69, 9.17) is 9.47 Å². The first-order chi connectivity index (χ1) is 8.36. The summed E-state index contributed by atoms with van der Waals surface area (Å²) in [6.45, 7) is 2.95. The first-order valence-corrected chi connectivity index (χ1v) is 7.35. The van der Waals surface area contributed by atoms with Crippen molar-refractivity contribution >= 4 is 0 Å². The van der Waals surface area contributed by atoms with Crippen LogP contribution in [0.5, 0.6) is 0 Å². The minimum Gasteiger partial charge on any atom is -0.377 e. The number of ether oxygens (including phenoxy) is 2. The summed E-state index contributed by atoms with van der Waals surface area (Å²) in [6, 6.07) is 0.658. The molecule has 0 aromatic carbocycles. The van der Waals surface area contributed by atoms with Crippen molar-refractivity contribution in [3.8, 4) is 0 Å². The predicted molar refractivity (Wildman–Crippen MR) is 67.1 cm³/mol. The topological polar surface area (TPSA) is 30.5 Å². The second kappa shape index (κ2) is 5.25. The number of hydrogen-bond acceptors (Lipinski definition) is 3. The van der Waals surface area contributed by atoms with Crippen molar-refractivity contribution in [1.82, 2.24) is 5.32 Å². The lowest BCUT2D eigenvalue weighted by Gasteiger charge is -2.39. The van der Waals surface area contributed by atoms with E-state index >= 15 is 0 Å². The Balaban J connectivity index is 1.46. The minimum absolute atomic E-state index is 0.243. The molecule has 1 spiro atoms. The molecule has 0 unspecified atom stereocenters. The smallest absolute Gasteiger partial charge is 0.0700 e. The molecule has 0 bridgehead atoms. The summed E-state index contributed by atoms with van der Waals surface area (Å²) in [5, 5.41) is 3.71. The van der Waals surface area contributed by atoms with Gasteiger partial charge in [-0.1, -0.05) is 12.8 Å². The van der Waals surface area contributed by atoms with E-state index in [9.17, 15) is 0 Å². The summed E-state index contributed by atoms with van der Waals surface area (Å²) in [6.07, 6.45) is 10.6.